The molecule has 2 heterocycles. The smallest absolute Gasteiger partial charge is 0.153 e. The summed E-state index contributed by atoms with van der Waals surface area (Å²) in [4.78, 5) is 2.05. The third-order valence-corrected chi connectivity index (χ3v) is 3.26. The molecule has 0 fully saturated rings. The van der Waals surface area contributed by atoms with Crippen LogP contribution in [-0.4, -0.2) is 35.4 Å². The second-order valence-electron chi connectivity index (χ2n) is 4.46. The Hall–Kier alpha value is -1.10. The van der Waals surface area contributed by atoms with Crippen LogP contribution >= 0.6 is 11.6 Å². The van der Waals surface area contributed by atoms with E-state index in [-0.39, 0.29) is 6.23 Å². The first-order valence-electron chi connectivity index (χ1n) is 5.61. The number of aromatic nitrogens is 2. The Bertz CT molecular complexity index is 564. The van der Waals surface area contributed by atoms with Crippen molar-refractivity contribution in [3.8, 4) is 0 Å². The number of benzene rings is 1. The van der Waals surface area contributed by atoms with E-state index in [2.05, 4.69) is 5.10 Å². The molecule has 0 saturated heterocycles. The molecule has 0 spiro atoms. The molecular formula is C12H14ClN3O. The first kappa shape index (κ1) is 11.0. The van der Waals surface area contributed by atoms with Crippen molar-refractivity contribution in [3.63, 3.8) is 0 Å². The third-order valence-electron chi connectivity index (χ3n) is 3.02. The third kappa shape index (κ3) is 1.73. The number of hydrogen-bond donors (Lipinski definition) is 0. The largest absolute Gasteiger partial charge is 0.355 e. The highest BCUT2D eigenvalue weighted by Gasteiger charge is 2.26. The van der Waals surface area contributed by atoms with E-state index in [0.29, 0.717) is 6.61 Å². The quantitative estimate of drug-likeness (QED) is 0.779. The van der Waals surface area contributed by atoms with Crippen molar-refractivity contribution in [2.45, 2.75) is 12.8 Å². The van der Waals surface area contributed by atoms with Crippen LogP contribution in [0.1, 0.15) is 11.9 Å². The zero-order valence-electron chi connectivity index (χ0n) is 9.85. The average molecular weight is 252 g/mol. The summed E-state index contributed by atoms with van der Waals surface area (Å²) in [6, 6.07) is 5.78. The lowest BCUT2D eigenvalue weighted by molar-refractivity contribution is -0.0644. The number of fused-ring (bicyclic) bond motifs is 3. The molecule has 90 valence electrons. The van der Waals surface area contributed by atoms with Gasteiger partial charge in [-0.15, -0.1) is 0 Å². The Morgan fingerprint density at radius 3 is 3.06 bits per heavy atom. The predicted molar refractivity (Wildman–Crippen MR) is 67.1 cm³/mol. The van der Waals surface area contributed by atoms with Crippen molar-refractivity contribution in [1.29, 1.82) is 0 Å². The Morgan fingerprint density at radius 1 is 1.47 bits per heavy atom. The molecular weight excluding hydrogens is 238 g/mol. The van der Waals surface area contributed by atoms with Gasteiger partial charge < -0.3 is 4.74 Å². The molecule has 1 unspecified atom stereocenters. The predicted octanol–water partition coefficient (Wildman–Crippen LogP) is 2.28. The summed E-state index contributed by atoms with van der Waals surface area (Å²) in [7, 11) is 4.01. The van der Waals surface area contributed by atoms with Gasteiger partial charge in [-0.05, 0) is 32.3 Å². The number of halogens is 1. The Kier molecular flexibility index (Phi) is 2.58. The minimum absolute atomic E-state index is 0.0489. The second kappa shape index (κ2) is 3.98. The van der Waals surface area contributed by atoms with Gasteiger partial charge in [-0.3, -0.25) is 9.58 Å². The van der Waals surface area contributed by atoms with Crippen molar-refractivity contribution in [2.75, 3.05) is 20.7 Å². The van der Waals surface area contributed by atoms with Crippen LogP contribution in [0.4, 0.5) is 0 Å². The molecule has 0 aliphatic carbocycles. The summed E-state index contributed by atoms with van der Waals surface area (Å²) in [6.45, 7) is 1.49. The molecule has 0 N–H and O–H groups in total. The molecule has 1 aromatic heterocycles. The van der Waals surface area contributed by atoms with E-state index >= 15 is 0 Å². The summed E-state index contributed by atoms with van der Waals surface area (Å²) in [5.41, 5.74) is 2.07. The molecule has 1 atom stereocenters. The highest BCUT2D eigenvalue weighted by Crippen LogP contribution is 2.32. The summed E-state index contributed by atoms with van der Waals surface area (Å²) in [6.07, 6.45) is -0.0489. The van der Waals surface area contributed by atoms with Crippen LogP contribution in [0.2, 0.25) is 5.02 Å². The number of rotatable bonds is 1. The van der Waals surface area contributed by atoms with Gasteiger partial charge in [0.25, 0.3) is 0 Å². The lowest BCUT2D eigenvalue weighted by Gasteiger charge is -2.29. The summed E-state index contributed by atoms with van der Waals surface area (Å²) in [5, 5.41) is 6.39. The summed E-state index contributed by atoms with van der Waals surface area (Å²) >= 11 is 6.05. The van der Waals surface area contributed by atoms with Crippen molar-refractivity contribution >= 4 is 22.5 Å². The van der Waals surface area contributed by atoms with E-state index in [4.69, 9.17) is 16.3 Å². The first-order valence-corrected chi connectivity index (χ1v) is 5.98. The standard InChI is InChI=1S/C12H14ClN3O/c1-15(2)12-11-9-7-8(13)3-4-10(9)14-16(11)5-6-17-12/h3-4,7,12H,5-6H2,1-2H3. The van der Waals surface area contributed by atoms with E-state index in [1.165, 1.54) is 0 Å². The molecule has 3 rings (SSSR count). The number of nitrogens with zero attached hydrogens (tertiary/aromatic N) is 3. The van der Waals surface area contributed by atoms with E-state index < -0.39 is 0 Å². The first-order chi connectivity index (χ1) is 8.16. The maximum absolute atomic E-state index is 6.05. The molecule has 1 aliphatic rings. The van der Waals surface area contributed by atoms with Crippen LogP contribution < -0.4 is 0 Å². The van der Waals surface area contributed by atoms with Gasteiger partial charge in [-0.1, -0.05) is 11.6 Å². The second-order valence-corrected chi connectivity index (χ2v) is 4.89. The number of hydrogen-bond acceptors (Lipinski definition) is 3. The van der Waals surface area contributed by atoms with Gasteiger partial charge in [-0.2, -0.15) is 5.10 Å². The van der Waals surface area contributed by atoms with Gasteiger partial charge in [0.2, 0.25) is 0 Å². The van der Waals surface area contributed by atoms with Crippen LogP contribution in [0.15, 0.2) is 18.2 Å². The molecule has 5 heteroatoms. The molecule has 2 aromatic rings. The van der Waals surface area contributed by atoms with E-state index in [1.54, 1.807) is 0 Å². The van der Waals surface area contributed by atoms with Crippen LogP contribution in [-0.2, 0) is 11.3 Å². The van der Waals surface area contributed by atoms with Crippen LogP contribution in [0, 0.1) is 0 Å². The van der Waals surface area contributed by atoms with Crippen LogP contribution in [0.5, 0.6) is 0 Å². The molecule has 0 saturated carbocycles. The number of ether oxygens (including phenoxy) is 1. The van der Waals surface area contributed by atoms with E-state index in [1.807, 2.05) is 41.9 Å². The normalized spacial score (nSPS) is 19.9. The SMILES string of the molecule is CN(C)C1OCCn2nc3ccc(Cl)cc3c21. The molecule has 17 heavy (non-hydrogen) atoms. The van der Waals surface area contributed by atoms with Crippen molar-refractivity contribution in [3.05, 3.63) is 28.9 Å². The van der Waals surface area contributed by atoms with E-state index in [9.17, 15) is 0 Å². The van der Waals surface area contributed by atoms with Gasteiger partial charge in [0.05, 0.1) is 24.4 Å². The zero-order valence-corrected chi connectivity index (χ0v) is 10.6. The fraction of sp³-hybridized carbons (Fsp3) is 0.417. The van der Waals surface area contributed by atoms with Gasteiger partial charge in [0, 0.05) is 10.4 Å². The topological polar surface area (TPSA) is 30.3 Å². The maximum Gasteiger partial charge on any atom is 0.153 e. The molecule has 1 aliphatic heterocycles. The van der Waals surface area contributed by atoms with Crippen molar-refractivity contribution in [1.82, 2.24) is 14.7 Å². The van der Waals surface area contributed by atoms with E-state index in [0.717, 1.165) is 28.2 Å². The van der Waals surface area contributed by atoms with Gasteiger partial charge in [0.1, 0.15) is 0 Å². The highest BCUT2D eigenvalue weighted by atomic mass is 35.5. The molecule has 1 aromatic carbocycles. The van der Waals surface area contributed by atoms with Crippen molar-refractivity contribution < 1.29 is 4.74 Å². The minimum atomic E-state index is -0.0489. The zero-order chi connectivity index (χ0) is 12.0. The Morgan fingerprint density at radius 2 is 2.29 bits per heavy atom. The van der Waals surface area contributed by atoms with Crippen LogP contribution in [0.3, 0.4) is 0 Å². The van der Waals surface area contributed by atoms with Gasteiger partial charge in [0.15, 0.2) is 6.23 Å². The van der Waals surface area contributed by atoms with Gasteiger partial charge in [-0.25, -0.2) is 0 Å². The minimum Gasteiger partial charge on any atom is -0.355 e. The van der Waals surface area contributed by atoms with Crippen molar-refractivity contribution in [2.24, 2.45) is 0 Å². The fourth-order valence-corrected chi connectivity index (χ4v) is 2.45. The monoisotopic (exact) mass is 251 g/mol. The molecule has 0 radical (unpaired) electrons. The lowest BCUT2D eigenvalue weighted by atomic mass is 10.1. The molecule has 0 amide bonds. The Balaban J connectivity index is 2.25. The average Bonchev–Trinajstić information content (AvgIpc) is 2.66. The maximum atomic E-state index is 6.05. The summed E-state index contributed by atoms with van der Waals surface area (Å²) in [5.74, 6) is 0. The molecule has 4 nitrogen and oxygen atoms in total. The molecule has 0 bridgehead atoms. The fourth-order valence-electron chi connectivity index (χ4n) is 2.28. The lowest BCUT2D eigenvalue weighted by Crippen LogP contribution is -2.31. The Labute approximate surface area is 105 Å². The highest BCUT2D eigenvalue weighted by molar-refractivity contribution is 6.31. The summed E-state index contributed by atoms with van der Waals surface area (Å²) < 4.78 is 7.82. The van der Waals surface area contributed by atoms with Gasteiger partial charge >= 0.3 is 0 Å². The van der Waals surface area contributed by atoms with Crippen LogP contribution in [0.25, 0.3) is 10.9 Å².